The van der Waals surface area contributed by atoms with Crippen LogP contribution in [0.5, 0.6) is 0 Å². The van der Waals surface area contributed by atoms with Crippen LogP contribution < -0.4 is 16.0 Å². The lowest BCUT2D eigenvalue weighted by Crippen LogP contribution is -2.45. The Labute approximate surface area is 165 Å². The molecule has 2 aromatic rings. The van der Waals surface area contributed by atoms with Gasteiger partial charge in [-0.05, 0) is 62.2 Å². The Kier molecular flexibility index (Phi) is 7.82. The van der Waals surface area contributed by atoms with E-state index in [1.165, 1.54) is 0 Å². The molecule has 0 spiro atoms. The second-order valence-electron chi connectivity index (χ2n) is 6.58. The Balaban J connectivity index is 1.92. The SMILES string of the molecule is CCC(C)NC(=O)C(C)NCc1cccc(NC(=O)c2ccc(Cl)cc2)c1. The molecule has 3 N–H and O–H groups in total. The third-order valence-corrected chi connectivity index (χ3v) is 4.55. The van der Waals surface area contributed by atoms with Crippen LogP contribution in [0.2, 0.25) is 5.02 Å². The van der Waals surface area contributed by atoms with Crippen molar-refractivity contribution in [3.8, 4) is 0 Å². The normalized spacial score (nSPS) is 12.9. The van der Waals surface area contributed by atoms with Crippen molar-refractivity contribution in [1.29, 1.82) is 0 Å². The van der Waals surface area contributed by atoms with E-state index >= 15 is 0 Å². The summed E-state index contributed by atoms with van der Waals surface area (Å²) in [5, 5.41) is 9.63. The van der Waals surface area contributed by atoms with Gasteiger partial charge in [-0.1, -0.05) is 30.7 Å². The highest BCUT2D eigenvalue weighted by Crippen LogP contribution is 2.14. The van der Waals surface area contributed by atoms with E-state index in [2.05, 4.69) is 16.0 Å². The average Bonchev–Trinajstić information content (AvgIpc) is 2.66. The van der Waals surface area contributed by atoms with Crippen molar-refractivity contribution in [2.24, 2.45) is 0 Å². The molecule has 144 valence electrons. The lowest BCUT2D eigenvalue weighted by Gasteiger charge is -2.17. The monoisotopic (exact) mass is 387 g/mol. The predicted octanol–water partition coefficient (Wildman–Crippen LogP) is 3.99. The summed E-state index contributed by atoms with van der Waals surface area (Å²) in [7, 11) is 0. The number of nitrogens with one attached hydrogen (secondary N) is 3. The Bertz CT molecular complexity index is 777. The van der Waals surface area contributed by atoms with Gasteiger partial charge in [0.2, 0.25) is 5.91 Å². The molecule has 0 heterocycles. The van der Waals surface area contributed by atoms with Gasteiger partial charge >= 0.3 is 0 Å². The molecule has 0 fully saturated rings. The molecule has 2 atom stereocenters. The summed E-state index contributed by atoms with van der Waals surface area (Å²) in [6.45, 7) is 6.38. The van der Waals surface area contributed by atoms with Crippen LogP contribution in [0.4, 0.5) is 5.69 Å². The van der Waals surface area contributed by atoms with Gasteiger partial charge in [0.15, 0.2) is 0 Å². The van der Waals surface area contributed by atoms with E-state index < -0.39 is 0 Å². The summed E-state index contributed by atoms with van der Waals surface area (Å²) in [4.78, 5) is 24.4. The molecule has 0 aliphatic rings. The topological polar surface area (TPSA) is 70.2 Å². The fraction of sp³-hybridized carbons (Fsp3) is 0.333. The van der Waals surface area contributed by atoms with E-state index in [9.17, 15) is 9.59 Å². The highest BCUT2D eigenvalue weighted by molar-refractivity contribution is 6.30. The number of rotatable bonds is 8. The Hall–Kier alpha value is -2.37. The number of hydrogen-bond acceptors (Lipinski definition) is 3. The van der Waals surface area contributed by atoms with Crippen LogP contribution in [0.25, 0.3) is 0 Å². The number of halogens is 1. The highest BCUT2D eigenvalue weighted by atomic mass is 35.5. The quantitative estimate of drug-likeness (QED) is 0.641. The molecule has 2 unspecified atom stereocenters. The first-order valence-electron chi connectivity index (χ1n) is 9.08. The van der Waals surface area contributed by atoms with Crippen LogP contribution in [-0.2, 0) is 11.3 Å². The minimum atomic E-state index is -0.300. The van der Waals surface area contributed by atoms with Gasteiger partial charge < -0.3 is 16.0 Å². The second kappa shape index (κ2) is 10.1. The van der Waals surface area contributed by atoms with Crippen molar-refractivity contribution in [2.45, 2.75) is 45.8 Å². The van der Waals surface area contributed by atoms with Crippen LogP contribution in [0.3, 0.4) is 0 Å². The molecule has 0 radical (unpaired) electrons. The van der Waals surface area contributed by atoms with Gasteiger partial charge in [0.1, 0.15) is 0 Å². The van der Waals surface area contributed by atoms with Gasteiger partial charge in [0.05, 0.1) is 6.04 Å². The van der Waals surface area contributed by atoms with E-state index in [-0.39, 0.29) is 23.9 Å². The zero-order chi connectivity index (χ0) is 19.8. The number of anilines is 1. The van der Waals surface area contributed by atoms with Gasteiger partial charge in [-0.2, -0.15) is 0 Å². The van der Waals surface area contributed by atoms with Crippen molar-refractivity contribution < 1.29 is 9.59 Å². The zero-order valence-corrected chi connectivity index (χ0v) is 16.6. The molecule has 27 heavy (non-hydrogen) atoms. The molecule has 0 aliphatic carbocycles. The first-order chi connectivity index (χ1) is 12.9. The maximum atomic E-state index is 12.3. The number of hydrogen-bond donors (Lipinski definition) is 3. The van der Waals surface area contributed by atoms with Crippen LogP contribution in [0.15, 0.2) is 48.5 Å². The van der Waals surface area contributed by atoms with Crippen molar-refractivity contribution >= 4 is 29.1 Å². The largest absolute Gasteiger partial charge is 0.352 e. The number of carbonyl (C=O) groups is 2. The number of carbonyl (C=O) groups excluding carboxylic acids is 2. The van der Waals surface area contributed by atoms with Gasteiger partial charge in [-0.3, -0.25) is 9.59 Å². The molecular weight excluding hydrogens is 362 g/mol. The Morgan fingerprint density at radius 3 is 2.44 bits per heavy atom. The molecule has 2 rings (SSSR count). The van der Waals surface area contributed by atoms with Gasteiger partial charge in [-0.25, -0.2) is 0 Å². The molecule has 0 aromatic heterocycles. The third-order valence-electron chi connectivity index (χ3n) is 4.30. The summed E-state index contributed by atoms with van der Waals surface area (Å²) in [5.41, 5.74) is 2.22. The maximum absolute atomic E-state index is 12.3. The predicted molar refractivity (Wildman–Crippen MR) is 110 cm³/mol. The lowest BCUT2D eigenvalue weighted by atomic mass is 10.1. The number of amides is 2. The fourth-order valence-corrected chi connectivity index (χ4v) is 2.52. The minimum Gasteiger partial charge on any atom is -0.352 e. The van der Waals surface area contributed by atoms with Gasteiger partial charge in [0, 0.05) is 28.9 Å². The zero-order valence-electron chi connectivity index (χ0n) is 15.9. The number of benzene rings is 2. The molecule has 2 aromatic carbocycles. The van der Waals surface area contributed by atoms with Crippen LogP contribution >= 0.6 is 11.6 Å². The molecular formula is C21H26ClN3O2. The van der Waals surface area contributed by atoms with Gasteiger partial charge in [-0.15, -0.1) is 0 Å². The van der Waals surface area contributed by atoms with Crippen molar-refractivity contribution in [3.63, 3.8) is 0 Å². The average molecular weight is 388 g/mol. The smallest absolute Gasteiger partial charge is 0.255 e. The van der Waals surface area contributed by atoms with E-state index in [4.69, 9.17) is 11.6 Å². The second-order valence-corrected chi connectivity index (χ2v) is 7.02. The summed E-state index contributed by atoms with van der Waals surface area (Å²) < 4.78 is 0. The minimum absolute atomic E-state index is 0.0171. The Morgan fingerprint density at radius 1 is 1.07 bits per heavy atom. The molecule has 0 saturated heterocycles. The van der Waals surface area contributed by atoms with Crippen LogP contribution in [0.1, 0.15) is 43.1 Å². The standard InChI is InChI=1S/C21H26ClN3O2/c1-4-14(2)24-20(26)15(3)23-13-16-6-5-7-19(12-16)25-21(27)17-8-10-18(22)11-9-17/h5-12,14-15,23H,4,13H2,1-3H3,(H,24,26)(H,25,27). The van der Waals surface area contributed by atoms with Crippen molar-refractivity contribution in [1.82, 2.24) is 10.6 Å². The van der Waals surface area contributed by atoms with Crippen LogP contribution in [-0.4, -0.2) is 23.9 Å². The van der Waals surface area contributed by atoms with Crippen LogP contribution in [0, 0.1) is 0 Å². The summed E-state index contributed by atoms with van der Waals surface area (Å²) >= 11 is 5.85. The first kappa shape index (κ1) is 20.9. The summed E-state index contributed by atoms with van der Waals surface area (Å²) in [6.07, 6.45) is 0.897. The molecule has 2 amide bonds. The molecule has 0 bridgehead atoms. The Morgan fingerprint density at radius 2 is 1.78 bits per heavy atom. The lowest BCUT2D eigenvalue weighted by molar-refractivity contribution is -0.123. The first-order valence-corrected chi connectivity index (χ1v) is 9.46. The molecule has 5 nitrogen and oxygen atoms in total. The van der Waals surface area contributed by atoms with E-state index in [1.54, 1.807) is 24.3 Å². The third kappa shape index (κ3) is 6.70. The van der Waals surface area contributed by atoms with Crippen molar-refractivity contribution in [3.05, 3.63) is 64.7 Å². The molecule has 0 saturated carbocycles. The maximum Gasteiger partial charge on any atom is 0.255 e. The van der Waals surface area contributed by atoms with Gasteiger partial charge in [0.25, 0.3) is 5.91 Å². The van der Waals surface area contributed by atoms with E-state index in [0.717, 1.165) is 12.0 Å². The van der Waals surface area contributed by atoms with E-state index in [1.807, 2.05) is 45.0 Å². The summed E-state index contributed by atoms with van der Waals surface area (Å²) in [6, 6.07) is 14.1. The molecule has 6 heteroatoms. The van der Waals surface area contributed by atoms with Crippen molar-refractivity contribution in [2.75, 3.05) is 5.32 Å². The highest BCUT2D eigenvalue weighted by Gasteiger charge is 2.14. The molecule has 0 aliphatic heterocycles. The fourth-order valence-electron chi connectivity index (χ4n) is 2.40. The summed E-state index contributed by atoms with van der Waals surface area (Å²) in [5.74, 6) is -0.213. The van der Waals surface area contributed by atoms with E-state index in [0.29, 0.717) is 22.8 Å².